The van der Waals surface area contributed by atoms with Crippen molar-refractivity contribution in [2.24, 2.45) is 5.92 Å². The molecule has 3 aliphatic rings. The van der Waals surface area contributed by atoms with E-state index >= 15 is 0 Å². The molecule has 0 unspecified atom stereocenters. The second-order valence-corrected chi connectivity index (χ2v) is 12.2. The molecule has 0 bridgehead atoms. The van der Waals surface area contributed by atoms with Gasteiger partial charge in [0.05, 0.1) is 4.34 Å². The van der Waals surface area contributed by atoms with Gasteiger partial charge in [0.1, 0.15) is 16.3 Å². The molecule has 1 spiro atoms. The summed E-state index contributed by atoms with van der Waals surface area (Å²) in [5.41, 5.74) is -0.898. The maximum absolute atomic E-state index is 13.0. The Labute approximate surface area is 190 Å². The van der Waals surface area contributed by atoms with Crippen molar-refractivity contribution in [1.29, 1.82) is 0 Å². The van der Waals surface area contributed by atoms with Crippen LogP contribution in [0.25, 0.3) is 0 Å². The summed E-state index contributed by atoms with van der Waals surface area (Å²) in [6.45, 7) is 2.32. The molecular weight excluding hydrogens is 464 g/mol. The maximum Gasteiger partial charge on any atom is 0.325 e. The standard InChI is InChI=1S/C19H25ClN4O5S2/c1-13-4-2-3-7-19(13)17(26)24(18(27)21-19)12-15(25)22-8-10-23(11-9-22)31(28,29)16-6-5-14(20)30-16/h5-6,13H,2-4,7-12H2,1H3,(H,21,27)/t13-,19+/m1/s1. The van der Waals surface area contributed by atoms with Gasteiger partial charge in [-0.05, 0) is 30.9 Å². The minimum atomic E-state index is -3.65. The van der Waals surface area contributed by atoms with E-state index in [-0.39, 0.29) is 54.7 Å². The smallest absolute Gasteiger partial charge is 0.325 e. The number of amides is 4. The number of carbonyl (C=O) groups is 3. The Morgan fingerprint density at radius 1 is 1.23 bits per heavy atom. The van der Waals surface area contributed by atoms with E-state index in [1.807, 2.05) is 6.92 Å². The molecule has 4 rings (SSSR count). The van der Waals surface area contributed by atoms with Gasteiger partial charge in [0, 0.05) is 26.2 Å². The Hall–Kier alpha value is -1.69. The molecule has 170 valence electrons. The summed E-state index contributed by atoms with van der Waals surface area (Å²) >= 11 is 6.85. The lowest BCUT2D eigenvalue weighted by atomic mass is 9.73. The first-order valence-electron chi connectivity index (χ1n) is 10.3. The molecule has 31 heavy (non-hydrogen) atoms. The minimum absolute atomic E-state index is 0.0253. The lowest BCUT2D eigenvalue weighted by Crippen LogP contribution is -2.55. The fourth-order valence-corrected chi connectivity index (χ4v) is 7.67. The number of rotatable bonds is 4. The van der Waals surface area contributed by atoms with Gasteiger partial charge in [0.15, 0.2) is 0 Å². The number of halogens is 1. The summed E-state index contributed by atoms with van der Waals surface area (Å²) in [5.74, 6) is -0.661. The molecule has 3 fully saturated rings. The third kappa shape index (κ3) is 3.96. The van der Waals surface area contributed by atoms with Crippen molar-refractivity contribution in [2.45, 2.75) is 42.4 Å². The number of imide groups is 1. The first kappa shape index (κ1) is 22.5. The van der Waals surface area contributed by atoms with E-state index in [1.165, 1.54) is 21.3 Å². The van der Waals surface area contributed by atoms with Gasteiger partial charge in [0.2, 0.25) is 5.91 Å². The molecule has 9 nitrogen and oxygen atoms in total. The van der Waals surface area contributed by atoms with Gasteiger partial charge >= 0.3 is 6.03 Å². The number of nitrogens with zero attached hydrogens (tertiary/aromatic N) is 3. The molecular formula is C19H25ClN4O5S2. The highest BCUT2D eigenvalue weighted by molar-refractivity contribution is 7.91. The van der Waals surface area contributed by atoms with Crippen molar-refractivity contribution < 1.29 is 22.8 Å². The van der Waals surface area contributed by atoms with Gasteiger partial charge in [-0.1, -0.05) is 31.4 Å². The first-order valence-corrected chi connectivity index (χ1v) is 13.0. The number of sulfonamides is 1. The second kappa shape index (κ2) is 8.34. The number of thiophene rings is 1. The summed E-state index contributed by atoms with van der Waals surface area (Å²) in [6, 6.07) is 2.49. The van der Waals surface area contributed by atoms with Crippen LogP contribution in [-0.4, -0.2) is 78.6 Å². The zero-order chi connectivity index (χ0) is 22.4. The molecule has 0 aromatic carbocycles. The maximum atomic E-state index is 13.0. The summed E-state index contributed by atoms with van der Waals surface area (Å²) in [5, 5.41) is 2.84. The number of hydrogen-bond donors (Lipinski definition) is 1. The Kier molecular flexibility index (Phi) is 6.06. The second-order valence-electron chi connectivity index (χ2n) is 8.28. The van der Waals surface area contributed by atoms with Gasteiger partial charge in [-0.25, -0.2) is 13.2 Å². The molecule has 2 aliphatic heterocycles. The fourth-order valence-electron chi connectivity index (χ4n) is 4.62. The van der Waals surface area contributed by atoms with Gasteiger partial charge in [0.25, 0.3) is 15.9 Å². The van der Waals surface area contributed by atoms with Gasteiger partial charge in [-0.15, -0.1) is 11.3 Å². The third-order valence-electron chi connectivity index (χ3n) is 6.53. The molecule has 3 heterocycles. The van der Waals surface area contributed by atoms with E-state index in [1.54, 1.807) is 0 Å². The topological polar surface area (TPSA) is 107 Å². The Balaban J connectivity index is 1.37. The zero-order valence-electron chi connectivity index (χ0n) is 17.2. The minimum Gasteiger partial charge on any atom is -0.338 e. The van der Waals surface area contributed by atoms with Gasteiger partial charge in [-0.3, -0.25) is 14.5 Å². The molecule has 2 saturated heterocycles. The van der Waals surface area contributed by atoms with E-state index in [9.17, 15) is 22.8 Å². The molecule has 1 N–H and O–H groups in total. The van der Waals surface area contributed by atoms with Crippen LogP contribution in [0, 0.1) is 5.92 Å². The highest BCUT2D eigenvalue weighted by Gasteiger charge is 2.55. The molecule has 2 atom stereocenters. The number of piperazine rings is 1. The average molecular weight is 489 g/mol. The lowest BCUT2D eigenvalue weighted by Gasteiger charge is -2.37. The van der Waals surface area contributed by atoms with E-state index in [2.05, 4.69) is 5.32 Å². The van der Waals surface area contributed by atoms with E-state index in [4.69, 9.17) is 11.6 Å². The Morgan fingerprint density at radius 3 is 2.55 bits per heavy atom. The van der Waals surface area contributed by atoms with Crippen molar-refractivity contribution in [3.8, 4) is 0 Å². The molecule has 1 aliphatic carbocycles. The zero-order valence-corrected chi connectivity index (χ0v) is 19.6. The molecule has 0 radical (unpaired) electrons. The third-order valence-corrected chi connectivity index (χ3v) is 10.1. The van der Waals surface area contributed by atoms with Crippen molar-refractivity contribution in [1.82, 2.24) is 19.4 Å². The molecule has 12 heteroatoms. The number of hydrogen-bond acceptors (Lipinski definition) is 6. The first-order chi connectivity index (χ1) is 14.6. The average Bonchev–Trinajstić information content (AvgIpc) is 3.28. The summed E-state index contributed by atoms with van der Waals surface area (Å²) < 4.78 is 27.3. The molecule has 1 saturated carbocycles. The normalized spacial score (nSPS) is 27.7. The predicted octanol–water partition coefficient (Wildman–Crippen LogP) is 1.74. The van der Waals surface area contributed by atoms with Gasteiger partial charge < -0.3 is 10.2 Å². The fraction of sp³-hybridized carbons (Fsp3) is 0.632. The molecule has 1 aromatic heterocycles. The van der Waals surface area contributed by atoms with Gasteiger partial charge in [-0.2, -0.15) is 4.31 Å². The van der Waals surface area contributed by atoms with Crippen LogP contribution in [0.4, 0.5) is 4.79 Å². The van der Waals surface area contributed by atoms with Crippen LogP contribution in [0.15, 0.2) is 16.3 Å². The quantitative estimate of drug-likeness (QED) is 0.649. The highest BCUT2D eigenvalue weighted by atomic mass is 35.5. The van der Waals surface area contributed by atoms with Crippen LogP contribution in [0.5, 0.6) is 0 Å². The number of nitrogens with one attached hydrogen (secondary N) is 1. The van der Waals surface area contributed by atoms with Crippen molar-refractivity contribution >= 4 is 50.8 Å². The number of carbonyl (C=O) groups excluding carboxylic acids is 3. The van der Waals surface area contributed by atoms with Crippen molar-refractivity contribution in [3.63, 3.8) is 0 Å². The molecule has 1 aromatic rings. The van der Waals surface area contributed by atoms with Crippen LogP contribution < -0.4 is 5.32 Å². The van der Waals surface area contributed by atoms with Crippen LogP contribution in [0.1, 0.15) is 32.6 Å². The van der Waals surface area contributed by atoms with E-state index in [0.717, 1.165) is 35.5 Å². The van der Waals surface area contributed by atoms with Crippen LogP contribution >= 0.6 is 22.9 Å². The van der Waals surface area contributed by atoms with Crippen LogP contribution in [-0.2, 0) is 19.6 Å². The lowest BCUT2D eigenvalue weighted by molar-refractivity contribution is -0.141. The van der Waals surface area contributed by atoms with Crippen molar-refractivity contribution in [2.75, 3.05) is 32.7 Å². The highest BCUT2D eigenvalue weighted by Crippen LogP contribution is 2.38. The summed E-state index contributed by atoms with van der Waals surface area (Å²) in [7, 11) is -3.65. The summed E-state index contributed by atoms with van der Waals surface area (Å²) in [6.07, 6.45) is 3.34. The Morgan fingerprint density at radius 2 is 1.94 bits per heavy atom. The van der Waals surface area contributed by atoms with Crippen LogP contribution in [0.2, 0.25) is 4.34 Å². The summed E-state index contributed by atoms with van der Waals surface area (Å²) in [4.78, 5) is 40.8. The van der Waals surface area contributed by atoms with Crippen LogP contribution in [0.3, 0.4) is 0 Å². The van der Waals surface area contributed by atoms with Crippen molar-refractivity contribution in [3.05, 3.63) is 16.5 Å². The number of urea groups is 1. The predicted molar refractivity (Wildman–Crippen MR) is 115 cm³/mol. The molecule has 4 amide bonds. The monoisotopic (exact) mass is 488 g/mol. The SMILES string of the molecule is C[C@@H]1CCCC[C@]12NC(=O)N(CC(=O)N1CCN(S(=O)(=O)c3ccc(Cl)s3)CC1)C2=O. The largest absolute Gasteiger partial charge is 0.338 e. The van der Waals surface area contributed by atoms with E-state index < -0.39 is 21.6 Å². The van der Waals surface area contributed by atoms with E-state index in [0.29, 0.717) is 10.8 Å². The Bertz CT molecular complexity index is 1000.